The zero-order valence-electron chi connectivity index (χ0n) is 10.7. The Morgan fingerprint density at radius 3 is 2.89 bits per heavy atom. The first-order valence-corrected chi connectivity index (χ1v) is 6.35. The minimum atomic E-state index is 0.0957. The number of fused-ring (bicyclic) bond motifs is 1. The fraction of sp³-hybridized carbons (Fsp3) is 0.333. The first-order valence-electron chi connectivity index (χ1n) is 6.35. The molecule has 0 spiro atoms. The molecule has 1 aliphatic rings. The van der Waals surface area contributed by atoms with E-state index in [0.717, 1.165) is 29.4 Å². The third-order valence-electron chi connectivity index (χ3n) is 3.29. The summed E-state index contributed by atoms with van der Waals surface area (Å²) in [6.07, 6.45) is 1.03. The van der Waals surface area contributed by atoms with Crippen LogP contribution >= 0.6 is 0 Å². The van der Waals surface area contributed by atoms with Crippen molar-refractivity contribution < 1.29 is 9.15 Å². The second-order valence-corrected chi connectivity index (χ2v) is 4.64. The Balaban J connectivity index is 1.87. The Morgan fingerprint density at radius 2 is 2.17 bits per heavy atom. The maximum atomic E-state index is 5.78. The van der Waals surface area contributed by atoms with Gasteiger partial charge in [-0.1, -0.05) is 13.0 Å². The SMILES string of the molecule is CCc1ccc2c(c1)NC(c1ccc(C)o1)CO2. The molecule has 94 valence electrons. The van der Waals surface area contributed by atoms with Crippen LogP contribution in [0, 0.1) is 6.92 Å². The maximum Gasteiger partial charge on any atom is 0.142 e. The Morgan fingerprint density at radius 1 is 1.28 bits per heavy atom. The molecule has 1 aromatic carbocycles. The molecule has 0 fully saturated rings. The number of ether oxygens (including phenoxy) is 1. The highest BCUT2D eigenvalue weighted by atomic mass is 16.5. The lowest BCUT2D eigenvalue weighted by molar-refractivity contribution is 0.268. The van der Waals surface area contributed by atoms with Crippen molar-refractivity contribution in [2.75, 3.05) is 11.9 Å². The lowest BCUT2D eigenvalue weighted by atomic mass is 10.1. The molecule has 3 nitrogen and oxygen atoms in total. The van der Waals surface area contributed by atoms with Crippen LogP contribution in [0.3, 0.4) is 0 Å². The molecule has 18 heavy (non-hydrogen) atoms. The Bertz CT molecular complexity index is 559. The molecule has 1 N–H and O–H groups in total. The van der Waals surface area contributed by atoms with E-state index in [4.69, 9.17) is 9.15 Å². The van der Waals surface area contributed by atoms with Gasteiger partial charge in [0, 0.05) is 0 Å². The van der Waals surface area contributed by atoms with E-state index in [1.54, 1.807) is 0 Å². The quantitative estimate of drug-likeness (QED) is 0.873. The highest BCUT2D eigenvalue weighted by molar-refractivity contribution is 5.60. The third kappa shape index (κ3) is 1.96. The van der Waals surface area contributed by atoms with E-state index in [1.807, 2.05) is 25.1 Å². The van der Waals surface area contributed by atoms with Crippen LogP contribution in [0.1, 0.15) is 30.0 Å². The first-order chi connectivity index (χ1) is 8.76. The first kappa shape index (κ1) is 11.2. The van der Waals surface area contributed by atoms with Crippen molar-refractivity contribution in [3.05, 3.63) is 47.4 Å². The molecule has 0 bridgehead atoms. The Hall–Kier alpha value is -1.90. The van der Waals surface area contributed by atoms with E-state index < -0.39 is 0 Å². The van der Waals surface area contributed by atoms with Crippen molar-refractivity contribution in [1.82, 2.24) is 0 Å². The summed E-state index contributed by atoms with van der Waals surface area (Å²) in [6, 6.07) is 10.4. The summed E-state index contributed by atoms with van der Waals surface area (Å²) in [5.41, 5.74) is 2.36. The molecule has 0 radical (unpaired) electrons. The molecule has 1 aliphatic heterocycles. The van der Waals surface area contributed by atoms with Gasteiger partial charge in [-0.3, -0.25) is 0 Å². The van der Waals surface area contributed by atoms with Crippen LogP contribution < -0.4 is 10.1 Å². The Labute approximate surface area is 107 Å². The monoisotopic (exact) mass is 243 g/mol. The highest BCUT2D eigenvalue weighted by Crippen LogP contribution is 2.34. The number of benzene rings is 1. The van der Waals surface area contributed by atoms with Crippen molar-refractivity contribution in [3.63, 3.8) is 0 Å². The van der Waals surface area contributed by atoms with E-state index >= 15 is 0 Å². The van der Waals surface area contributed by atoms with Crippen molar-refractivity contribution in [1.29, 1.82) is 0 Å². The van der Waals surface area contributed by atoms with Crippen LogP contribution in [0.4, 0.5) is 5.69 Å². The molecule has 3 heteroatoms. The normalized spacial score (nSPS) is 17.8. The second-order valence-electron chi connectivity index (χ2n) is 4.64. The van der Waals surface area contributed by atoms with Crippen LogP contribution in [0.2, 0.25) is 0 Å². The Kier molecular flexibility index (Phi) is 2.74. The van der Waals surface area contributed by atoms with Gasteiger partial charge in [0.25, 0.3) is 0 Å². The molecule has 0 aliphatic carbocycles. The van der Waals surface area contributed by atoms with Crippen molar-refractivity contribution in [2.24, 2.45) is 0 Å². The summed E-state index contributed by atoms with van der Waals surface area (Å²) in [5, 5.41) is 3.48. The molecule has 0 saturated carbocycles. The van der Waals surface area contributed by atoms with Gasteiger partial charge in [0.05, 0.1) is 5.69 Å². The average Bonchev–Trinajstić information content (AvgIpc) is 2.84. The summed E-state index contributed by atoms with van der Waals surface area (Å²) >= 11 is 0. The second kappa shape index (κ2) is 4.41. The molecule has 0 amide bonds. The fourth-order valence-corrected chi connectivity index (χ4v) is 2.23. The van der Waals surface area contributed by atoms with Gasteiger partial charge in [0.1, 0.15) is 29.9 Å². The predicted molar refractivity (Wildman–Crippen MR) is 71.1 cm³/mol. The van der Waals surface area contributed by atoms with Crippen LogP contribution in [-0.4, -0.2) is 6.61 Å². The topological polar surface area (TPSA) is 34.4 Å². The summed E-state index contributed by atoms with van der Waals surface area (Å²) in [6.45, 7) is 4.71. The number of furan rings is 1. The van der Waals surface area contributed by atoms with Crippen LogP contribution in [0.5, 0.6) is 5.75 Å². The summed E-state index contributed by atoms with van der Waals surface area (Å²) in [4.78, 5) is 0. The van der Waals surface area contributed by atoms with E-state index in [0.29, 0.717) is 6.61 Å². The van der Waals surface area contributed by atoms with E-state index in [9.17, 15) is 0 Å². The smallest absolute Gasteiger partial charge is 0.142 e. The van der Waals surface area contributed by atoms with Crippen LogP contribution in [-0.2, 0) is 6.42 Å². The highest BCUT2D eigenvalue weighted by Gasteiger charge is 2.22. The predicted octanol–water partition coefficient (Wildman–Crippen LogP) is 3.70. The number of rotatable bonds is 2. The number of hydrogen-bond acceptors (Lipinski definition) is 3. The molecule has 1 aromatic heterocycles. The minimum absolute atomic E-state index is 0.0957. The zero-order chi connectivity index (χ0) is 12.5. The third-order valence-corrected chi connectivity index (χ3v) is 3.29. The van der Waals surface area contributed by atoms with Gasteiger partial charge in [-0.2, -0.15) is 0 Å². The summed E-state index contributed by atoms with van der Waals surface area (Å²) in [7, 11) is 0. The largest absolute Gasteiger partial charge is 0.489 e. The van der Waals surface area contributed by atoms with Crippen molar-refractivity contribution in [3.8, 4) is 5.75 Å². The zero-order valence-corrected chi connectivity index (χ0v) is 10.7. The van der Waals surface area contributed by atoms with Crippen LogP contribution in [0.15, 0.2) is 34.7 Å². The molecular weight excluding hydrogens is 226 g/mol. The van der Waals surface area contributed by atoms with Gasteiger partial charge in [0.2, 0.25) is 0 Å². The summed E-state index contributed by atoms with van der Waals surface area (Å²) < 4.78 is 11.4. The molecular formula is C15H17NO2. The lowest BCUT2D eigenvalue weighted by Crippen LogP contribution is -2.23. The number of hydrogen-bond donors (Lipinski definition) is 1. The number of nitrogens with one attached hydrogen (secondary N) is 1. The van der Waals surface area contributed by atoms with Gasteiger partial charge < -0.3 is 14.5 Å². The van der Waals surface area contributed by atoms with Gasteiger partial charge >= 0.3 is 0 Å². The van der Waals surface area contributed by atoms with Gasteiger partial charge in [0.15, 0.2) is 0 Å². The minimum Gasteiger partial charge on any atom is -0.489 e. The maximum absolute atomic E-state index is 5.78. The molecule has 1 unspecified atom stereocenters. The fourth-order valence-electron chi connectivity index (χ4n) is 2.23. The van der Waals surface area contributed by atoms with Crippen molar-refractivity contribution in [2.45, 2.75) is 26.3 Å². The summed E-state index contributed by atoms with van der Waals surface area (Å²) in [5.74, 6) is 2.78. The van der Waals surface area contributed by atoms with Crippen molar-refractivity contribution >= 4 is 5.69 Å². The van der Waals surface area contributed by atoms with E-state index in [1.165, 1.54) is 5.56 Å². The molecule has 3 rings (SSSR count). The molecule has 0 saturated heterocycles. The number of aryl methyl sites for hydroxylation is 2. The lowest BCUT2D eigenvalue weighted by Gasteiger charge is -2.26. The van der Waals surface area contributed by atoms with Gasteiger partial charge in [-0.15, -0.1) is 0 Å². The van der Waals surface area contributed by atoms with Crippen LogP contribution in [0.25, 0.3) is 0 Å². The molecule has 1 atom stereocenters. The van der Waals surface area contributed by atoms with E-state index in [-0.39, 0.29) is 6.04 Å². The van der Waals surface area contributed by atoms with Gasteiger partial charge in [-0.05, 0) is 43.2 Å². The average molecular weight is 243 g/mol. The number of anilines is 1. The molecule has 2 heterocycles. The van der Waals surface area contributed by atoms with E-state index in [2.05, 4.69) is 24.4 Å². The standard InChI is InChI=1S/C15H17NO2/c1-3-11-5-7-14-12(8-11)16-13(9-17-14)15-6-4-10(2)18-15/h4-8,13,16H,3,9H2,1-2H3. The molecule has 2 aromatic rings. The van der Waals surface area contributed by atoms with Gasteiger partial charge in [-0.25, -0.2) is 0 Å².